The molecule has 0 radical (unpaired) electrons. The Morgan fingerprint density at radius 3 is 2.65 bits per heavy atom. The van der Waals surface area contributed by atoms with Crippen molar-refractivity contribution in [2.24, 2.45) is 5.73 Å². The van der Waals surface area contributed by atoms with Crippen LogP contribution in [0.25, 0.3) is 0 Å². The zero-order chi connectivity index (χ0) is 14.9. The van der Waals surface area contributed by atoms with Gasteiger partial charge in [0, 0.05) is 16.8 Å². The minimum absolute atomic E-state index is 0.0664. The molecule has 20 heavy (non-hydrogen) atoms. The Bertz CT molecular complexity index is 742. The summed E-state index contributed by atoms with van der Waals surface area (Å²) in [7, 11) is -4.04. The van der Waals surface area contributed by atoms with Crippen LogP contribution in [0, 0.1) is 18.6 Å². The molecule has 2 rings (SSSR count). The van der Waals surface area contributed by atoms with Gasteiger partial charge in [0.1, 0.15) is 11.5 Å². The van der Waals surface area contributed by atoms with Crippen molar-refractivity contribution in [2.45, 2.75) is 18.4 Å². The van der Waals surface area contributed by atoms with Crippen LogP contribution in [-0.2, 0) is 16.6 Å². The van der Waals surface area contributed by atoms with Gasteiger partial charge in [0.05, 0.1) is 4.90 Å². The number of hydrogen-bond acceptors (Lipinski definition) is 4. The number of nitrogens with two attached hydrogens (primary N) is 1. The summed E-state index contributed by atoms with van der Waals surface area (Å²) in [4.78, 5) is 0.596. The third-order valence-corrected chi connectivity index (χ3v) is 5.10. The van der Waals surface area contributed by atoms with E-state index in [-0.39, 0.29) is 17.0 Å². The molecule has 3 N–H and O–H groups in total. The number of anilines is 1. The zero-order valence-electron chi connectivity index (χ0n) is 10.5. The number of benzene rings is 1. The first-order chi connectivity index (χ1) is 9.35. The molecule has 4 nitrogen and oxygen atoms in total. The zero-order valence-corrected chi connectivity index (χ0v) is 12.1. The van der Waals surface area contributed by atoms with E-state index in [1.807, 2.05) is 4.72 Å². The van der Waals surface area contributed by atoms with Crippen LogP contribution < -0.4 is 10.5 Å². The van der Waals surface area contributed by atoms with E-state index < -0.39 is 27.3 Å². The molecule has 0 saturated heterocycles. The third kappa shape index (κ3) is 2.82. The molecule has 0 aliphatic carbocycles. The molecular formula is C12H12F2N2O2S2. The number of rotatable bonds is 4. The number of halogens is 2. The van der Waals surface area contributed by atoms with Gasteiger partial charge in [0.15, 0.2) is 5.82 Å². The first-order valence-corrected chi connectivity index (χ1v) is 7.96. The molecule has 0 aliphatic rings. The molecule has 108 valence electrons. The molecule has 0 atom stereocenters. The Labute approximate surface area is 119 Å². The second-order valence-electron chi connectivity index (χ2n) is 4.11. The van der Waals surface area contributed by atoms with Gasteiger partial charge in [-0.1, -0.05) is 6.07 Å². The van der Waals surface area contributed by atoms with Crippen molar-refractivity contribution >= 4 is 27.0 Å². The second-order valence-corrected chi connectivity index (χ2v) is 6.79. The highest BCUT2D eigenvalue weighted by molar-refractivity contribution is 7.92. The number of sulfonamides is 1. The molecule has 0 amide bonds. The van der Waals surface area contributed by atoms with Gasteiger partial charge in [-0.25, -0.2) is 17.2 Å². The van der Waals surface area contributed by atoms with Crippen LogP contribution in [0.3, 0.4) is 0 Å². The predicted molar refractivity (Wildman–Crippen MR) is 74.1 cm³/mol. The summed E-state index contributed by atoms with van der Waals surface area (Å²) >= 11 is 1.17. The standard InChI is InChI=1S/C12H12F2N2O2S2/c1-7-2-3-10(13)12(11(7)14)16-20(17,18)9-4-8(5-15)19-6-9/h2-4,6,16H,5,15H2,1H3. The van der Waals surface area contributed by atoms with Gasteiger partial charge in [-0.3, -0.25) is 4.72 Å². The average Bonchev–Trinajstić information content (AvgIpc) is 2.89. The van der Waals surface area contributed by atoms with Crippen LogP contribution in [0.5, 0.6) is 0 Å². The van der Waals surface area contributed by atoms with Crippen LogP contribution in [0.2, 0.25) is 0 Å². The first kappa shape index (κ1) is 14.9. The minimum atomic E-state index is -4.04. The lowest BCUT2D eigenvalue weighted by Crippen LogP contribution is -2.15. The fourth-order valence-electron chi connectivity index (χ4n) is 1.55. The molecule has 1 aromatic heterocycles. The van der Waals surface area contributed by atoms with Crippen LogP contribution >= 0.6 is 11.3 Å². The van der Waals surface area contributed by atoms with E-state index in [9.17, 15) is 17.2 Å². The molecule has 0 fully saturated rings. The van der Waals surface area contributed by atoms with E-state index in [0.717, 1.165) is 6.07 Å². The lowest BCUT2D eigenvalue weighted by atomic mass is 10.2. The van der Waals surface area contributed by atoms with Crippen molar-refractivity contribution in [3.8, 4) is 0 Å². The molecule has 1 heterocycles. The van der Waals surface area contributed by atoms with Crippen molar-refractivity contribution in [2.75, 3.05) is 4.72 Å². The monoisotopic (exact) mass is 318 g/mol. The molecule has 2 aromatic rings. The molecular weight excluding hydrogens is 306 g/mol. The van der Waals surface area contributed by atoms with E-state index in [2.05, 4.69) is 0 Å². The van der Waals surface area contributed by atoms with Gasteiger partial charge in [-0.05, 0) is 24.6 Å². The first-order valence-electron chi connectivity index (χ1n) is 5.60. The SMILES string of the molecule is Cc1ccc(F)c(NS(=O)(=O)c2csc(CN)c2)c1F. The number of aryl methyl sites for hydroxylation is 1. The fraction of sp³-hybridized carbons (Fsp3) is 0.167. The highest BCUT2D eigenvalue weighted by Gasteiger charge is 2.21. The average molecular weight is 318 g/mol. The summed E-state index contributed by atoms with van der Waals surface area (Å²) in [5.41, 5.74) is 4.88. The number of thiophene rings is 1. The van der Waals surface area contributed by atoms with Crippen LogP contribution in [0.1, 0.15) is 10.4 Å². The Balaban J connectivity index is 2.41. The fourth-order valence-corrected chi connectivity index (χ4v) is 3.78. The van der Waals surface area contributed by atoms with E-state index in [1.54, 1.807) is 0 Å². The summed E-state index contributed by atoms with van der Waals surface area (Å²) in [6.07, 6.45) is 0. The molecule has 0 saturated carbocycles. The van der Waals surface area contributed by atoms with Gasteiger partial charge in [-0.15, -0.1) is 11.3 Å². The van der Waals surface area contributed by atoms with Crippen LogP contribution in [0.4, 0.5) is 14.5 Å². The topological polar surface area (TPSA) is 72.2 Å². The maximum Gasteiger partial charge on any atom is 0.262 e. The Kier molecular flexibility index (Phi) is 4.07. The highest BCUT2D eigenvalue weighted by Crippen LogP contribution is 2.26. The maximum atomic E-state index is 13.8. The van der Waals surface area contributed by atoms with E-state index in [0.29, 0.717) is 4.88 Å². The van der Waals surface area contributed by atoms with Gasteiger partial charge in [0.2, 0.25) is 0 Å². The third-order valence-electron chi connectivity index (χ3n) is 2.66. The molecule has 0 unspecified atom stereocenters. The molecule has 0 aliphatic heterocycles. The van der Waals surface area contributed by atoms with Gasteiger partial charge in [0.25, 0.3) is 10.0 Å². The Hall–Kier alpha value is -1.51. The van der Waals surface area contributed by atoms with Crippen molar-refractivity contribution in [3.05, 3.63) is 45.7 Å². The quantitative estimate of drug-likeness (QED) is 0.910. The van der Waals surface area contributed by atoms with Gasteiger partial charge >= 0.3 is 0 Å². The van der Waals surface area contributed by atoms with Crippen LogP contribution in [-0.4, -0.2) is 8.42 Å². The van der Waals surface area contributed by atoms with E-state index >= 15 is 0 Å². The van der Waals surface area contributed by atoms with Crippen molar-refractivity contribution in [3.63, 3.8) is 0 Å². The normalized spacial score (nSPS) is 11.6. The molecule has 0 spiro atoms. The van der Waals surface area contributed by atoms with Gasteiger partial charge < -0.3 is 5.73 Å². The predicted octanol–water partition coefficient (Wildman–Crippen LogP) is 2.59. The Morgan fingerprint density at radius 1 is 1.35 bits per heavy atom. The summed E-state index contributed by atoms with van der Waals surface area (Å²) < 4.78 is 53.4. The van der Waals surface area contributed by atoms with Crippen molar-refractivity contribution in [1.82, 2.24) is 0 Å². The smallest absolute Gasteiger partial charge is 0.262 e. The number of nitrogens with one attached hydrogen (secondary N) is 1. The lowest BCUT2D eigenvalue weighted by molar-refractivity contribution is 0.579. The van der Waals surface area contributed by atoms with Gasteiger partial charge in [-0.2, -0.15) is 0 Å². The molecule has 0 bridgehead atoms. The van der Waals surface area contributed by atoms with Crippen molar-refractivity contribution in [1.29, 1.82) is 0 Å². The van der Waals surface area contributed by atoms with Crippen molar-refractivity contribution < 1.29 is 17.2 Å². The summed E-state index contributed by atoms with van der Waals surface area (Å²) in [6, 6.07) is 3.62. The number of hydrogen-bond donors (Lipinski definition) is 2. The summed E-state index contributed by atoms with van der Waals surface area (Å²) in [5.74, 6) is -1.89. The highest BCUT2D eigenvalue weighted by atomic mass is 32.2. The summed E-state index contributed by atoms with van der Waals surface area (Å²) in [6.45, 7) is 1.62. The lowest BCUT2D eigenvalue weighted by Gasteiger charge is -2.10. The Morgan fingerprint density at radius 2 is 2.05 bits per heavy atom. The largest absolute Gasteiger partial charge is 0.326 e. The summed E-state index contributed by atoms with van der Waals surface area (Å²) in [5, 5.41) is 1.37. The second kappa shape index (κ2) is 5.47. The minimum Gasteiger partial charge on any atom is -0.326 e. The molecule has 1 aromatic carbocycles. The van der Waals surface area contributed by atoms with E-state index in [4.69, 9.17) is 5.73 Å². The van der Waals surface area contributed by atoms with E-state index in [1.165, 1.54) is 35.8 Å². The molecule has 8 heteroatoms. The van der Waals surface area contributed by atoms with Crippen LogP contribution in [0.15, 0.2) is 28.5 Å². The maximum absolute atomic E-state index is 13.8.